The molecule has 1 aromatic carbocycles. The zero-order valence-electron chi connectivity index (χ0n) is 10.5. The van der Waals surface area contributed by atoms with Crippen LogP contribution in [0.1, 0.15) is 29.3 Å². The molecule has 0 saturated heterocycles. The lowest BCUT2D eigenvalue weighted by Gasteiger charge is -1.99. The van der Waals surface area contributed by atoms with Crippen molar-refractivity contribution in [1.29, 1.82) is 0 Å². The molecule has 0 aromatic heterocycles. The summed E-state index contributed by atoms with van der Waals surface area (Å²) in [6.45, 7) is 1.97. The van der Waals surface area contributed by atoms with E-state index >= 15 is 0 Å². The lowest BCUT2D eigenvalue weighted by atomic mass is 10.1. The van der Waals surface area contributed by atoms with Gasteiger partial charge in [-0.25, -0.2) is 0 Å². The summed E-state index contributed by atoms with van der Waals surface area (Å²) < 4.78 is 0. The van der Waals surface area contributed by atoms with E-state index in [0.29, 0.717) is 24.8 Å². The molecule has 0 aliphatic heterocycles. The van der Waals surface area contributed by atoms with E-state index < -0.39 is 4.92 Å². The first kappa shape index (κ1) is 14.6. The highest BCUT2D eigenvalue weighted by atomic mass is 16.6. The zero-order chi connectivity index (χ0) is 14.3. The normalized spacial score (nSPS) is 10.4. The number of benzene rings is 1. The van der Waals surface area contributed by atoms with Crippen LogP contribution >= 0.6 is 0 Å². The molecule has 19 heavy (non-hydrogen) atoms. The van der Waals surface area contributed by atoms with Gasteiger partial charge >= 0.3 is 0 Å². The van der Waals surface area contributed by atoms with Gasteiger partial charge in [-0.1, -0.05) is 12.2 Å². The standard InChI is InChI=1S/C13H14N2O4/c1-10(17)14-7-3-2-4-11-5-6-13(15(18)19)12(8-11)9-16/h2,4-6,8-9H,3,7H2,1H3,(H,14,17). The Balaban J connectivity index is 2.69. The number of nitro benzene ring substituents is 1. The van der Waals surface area contributed by atoms with Gasteiger partial charge in [0.05, 0.1) is 10.5 Å². The summed E-state index contributed by atoms with van der Waals surface area (Å²) in [5.74, 6) is -0.0908. The van der Waals surface area contributed by atoms with E-state index in [1.165, 1.54) is 19.1 Å². The number of hydrogen-bond acceptors (Lipinski definition) is 4. The van der Waals surface area contributed by atoms with Crippen LogP contribution in [-0.4, -0.2) is 23.7 Å². The summed E-state index contributed by atoms with van der Waals surface area (Å²) in [4.78, 5) is 31.4. The van der Waals surface area contributed by atoms with Crippen LogP contribution in [0, 0.1) is 10.1 Å². The van der Waals surface area contributed by atoms with Gasteiger partial charge in [-0.2, -0.15) is 0 Å². The summed E-state index contributed by atoms with van der Waals surface area (Å²) in [6, 6.07) is 4.33. The summed E-state index contributed by atoms with van der Waals surface area (Å²) in [5, 5.41) is 13.3. The Labute approximate surface area is 110 Å². The molecule has 0 radical (unpaired) electrons. The van der Waals surface area contributed by atoms with Gasteiger partial charge in [0.1, 0.15) is 0 Å². The van der Waals surface area contributed by atoms with E-state index in [1.54, 1.807) is 12.1 Å². The molecule has 0 fully saturated rings. The molecule has 6 nitrogen and oxygen atoms in total. The van der Waals surface area contributed by atoms with Crippen molar-refractivity contribution in [2.75, 3.05) is 6.54 Å². The second-order valence-corrected chi connectivity index (χ2v) is 3.87. The van der Waals surface area contributed by atoms with E-state index in [0.717, 1.165) is 0 Å². The fraction of sp³-hybridized carbons (Fsp3) is 0.231. The molecule has 0 heterocycles. The highest BCUT2D eigenvalue weighted by molar-refractivity contribution is 5.82. The van der Waals surface area contributed by atoms with Crippen LogP contribution in [0.25, 0.3) is 6.08 Å². The maximum absolute atomic E-state index is 10.8. The molecule has 0 unspecified atom stereocenters. The molecule has 0 aliphatic rings. The number of rotatable bonds is 6. The van der Waals surface area contributed by atoms with Gasteiger partial charge in [0.25, 0.3) is 5.69 Å². The minimum absolute atomic E-state index is 0.0500. The highest BCUT2D eigenvalue weighted by Gasteiger charge is 2.12. The second kappa shape index (κ2) is 7.05. The van der Waals surface area contributed by atoms with Crippen LogP contribution in [0.4, 0.5) is 5.69 Å². The summed E-state index contributed by atoms with van der Waals surface area (Å²) in [6.07, 6.45) is 4.68. The number of nitrogens with zero attached hydrogens (tertiary/aromatic N) is 1. The van der Waals surface area contributed by atoms with Crippen molar-refractivity contribution in [3.05, 3.63) is 45.5 Å². The lowest BCUT2D eigenvalue weighted by molar-refractivity contribution is -0.385. The molecule has 6 heteroatoms. The summed E-state index contributed by atoms with van der Waals surface area (Å²) >= 11 is 0. The highest BCUT2D eigenvalue weighted by Crippen LogP contribution is 2.18. The fourth-order valence-corrected chi connectivity index (χ4v) is 1.49. The average molecular weight is 262 g/mol. The van der Waals surface area contributed by atoms with Crippen LogP contribution in [0.5, 0.6) is 0 Å². The topological polar surface area (TPSA) is 89.3 Å². The van der Waals surface area contributed by atoms with Crippen molar-refractivity contribution in [1.82, 2.24) is 5.32 Å². The maximum atomic E-state index is 10.8. The Morgan fingerprint density at radius 1 is 1.47 bits per heavy atom. The number of nitro groups is 1. The van der Waals surface area contributed by atoms with E-state index in [4.69, 9.17) is 0 Å². The third kappa shape index (κ3) is 4.71. The molecule has 0 aliphatic carbocycles. The minimum atomic E-state index is -0.589. The van der Waals surface area contributed by atoms with Gasteiger partial charge < -0.3 is 5.32 Å². The summed E-state index contributed by atoms with van der Waals surface area (Å²) in [7, 11) is 0. The SMILES string of the molecule is CC(=O)NCCC=Cc1ccc([N+](=O)[O-])c(C=O)c1. The predicted octanol–water partition coefficient (Wildman–Crippen LogP) is 1.95. The van der Waals surface area contributed by atoms with E-state index in [-0.39, 0.29) is 17.2 Å². The first-order valence-corrected chi connectivity index (χ1v) is 5.69. The van der Waals surface area contributed by atoms with Crippen LogP contribution in [0.2, 0.25) is 0 Å². The van der Waals surface area contributed by atoms with Gasteiger partial charge in [0, 0.05) is 19.5 Å². The molecule has 0 spiro atoms. The van der Waals surface area contributed by atoms with Crippen molar-refractivity contribution < 1.29 is 14.5 Å². The molecule has 0 bridgehead atoms. The van der Waals surface area contributed by atoms with Crippen molar-refractivity contribution in [2.45, 2.75) is 13.3 Å². The Hall–Kier alpha value is -2.50. The molecule has 1 aromatic rings. The van der Waals surface area contributed by atoms with Crippen LogP contribution in [0.15, 0.2) is 24.3 Å². The third-order valence-corrected chi connectivity index (χ3v) is 2.37. The molecule has 1 rings (SSSR count). The molecular weight excluding hydrogens is 248 g/mol. The number of carbonyl (C=O) groups is 2. The van der Waals surface area contributed by atoms with Gasteiger partial charge in [0.15, 0.2) is 6.29 Å². The van der Waals surface area contributed by atoms with Crippen LogP contribution < -0.4 is 5.32 Å². The lowest BCUT2D eigenvalue weighted by Crippen LogP contribution is -2.20. The Kier molecular flexibility index (Phi) is 5.40. The molecule has 1 N–H and O–H groups in total. The zero-order valence-corrected chi connectivity index (χ0v) is 10.5. The number of hydrogen-bond donors (Lipinski definition) is 1. The number of amides is 1. The maximum Gasteiger partial charge on any atom is 0.279 e. The van der Waals surface area contributed by atoms with E-state index in [1.807, 2.05) is 6.08 Å². The third-order valence-electron chi connectivity index (χ3n) is 2.37. The van der Waals surface area contributed by atoms with Crippen LogP contribution in [-0.2, 0) is 4.79 Å². The van der Waals surface area contributed by atoms with Gasteiger partial charge in [0.2, 0.25) is 5.91 Å². The smallest absolute Gasteiger partial charge is 0.279 e. The molecule has 100 valence electrons. The molecular formula is C13H14N2O4. The van der Waals surface area contributed by atoms with Gasteiger partial charge in [-0.3, -0.25) is 19.7 Å². The first-order chi connectivity index (χ1) is 9.04. The van der Waals surface area contributed by atoms with Gasteiger partial charge in [-0.05, 0) is 24.1 Å². The molecule has 0 atom stereocenters. The van der Waals surface area contributed by atoms with E-state index in [2.05, 4.69) is 5.32 Å². The van der Waals surface area contributed by atoms with Crippen molar-refractivity contribution in [3.8, 4) is 0 Å². The molecule has 0 saturated carbocycles. The average Bonchev–Trinajstić information content (AvgIpc) is 2.37. The predicted molar refractivity (Wildman–Crippen MR) is 70.8 cm³/mol. The van der Waals surface area contributed by atoms with E-state index in [9.17, 15) is 19.7 Å². The number of carbonyl (C=O) groups excluding carboxylic acids is 2. The van der Waals surface area contributed by atoms with Crippen molar-refractivity contribution in [3.63, 3.8) is 0 Å². The van der Waals surface area contributed by atoms with Crippen molar-refractivity contribution in [2.24, 2.45) is 0 Å². The Morgan fingerprint density at radius 2 is 2.21 bits per heavy atom. The number of aldehydes is 1. The number of nitrogens with one attached hydrogen (secondary N) is 1. The first-order valence-electron chi connectivity index (χ1n) is 5.69. The largest absolute Gasteiger partial charge is 0.356 e. The molecule has 1 amide bonds. The monoisotopic (exact) mass is 262 g/mol. The summed E-state index contributed by atoms with van der Waals surface area (Å²) in [5.41, 5.74) is 0.551. The minimum Gasteiger partial charge on any atom is -0.356 e. The van der Waals surface area contributed by atoms with Crippen LogP contribution in [0.3, 0.4) is 0 Å². The Morgan fingerprint density at radius 3 is 2.79 bits per heavy atom. The Bertz CT molecular complexity index is 523. The quantitative estimate of drug-likeness (QED) is 0.367. The van der Waals surface area contributed by atoms with Gasteiger partial charge in [-0.15, -0.1) is 0 Å². The van der Waals surface area contributed by atoms with Crippen molar-refractivity contribution >= 4 is 24.0 Å². The second-order valence-electron chi connectivity index (χ2n) is 3.87. The fourth-order valence-electron chi connectivity index (χ4n) is 1.49.